The Morgan fingerprint density at radius 1 is 0.852 bits per heavy atom. The molecule has 0 saturated carbocycles. The largest absolute Gasteiger partial charge is 0.394 e. The number of allylic oxidation sites excluding steroid dienone is 1. The van der Waals surface area contributed by atoms with Crippen molar-refractivity contribution in [1.82, 2.24) is 0 Å². The molecule has 1 fully saturated rings. The maximum atomic E-state index is 9.98. The first-order chi connectivity index (χ1) is 13.2. The summed E-state index contributed by atoms with van der Waals surface area (Å²) < 4.78 is 11.0. The molecule has 1 saturated heterocycles. The van der Waals surface area contributed by atoms with Crippen molar-refractivity contribution < 1.29 is 24.8 Å². The molecule has 0 spiro atoms. The molecule has 160 valence electrons. The Hall–Kier alpha value is -0.460. The molecule has 27 heavy (non-hydrogen) atoms. The standard InChI is InChI=1S/C22H42O5/c1-2-3-4-5-6-7-8-9-10-11-12-13-14-15-16-26-22-20(17-23)27-18-19(24)21(22)25/h2,19-25H,1,3-18H2/t19-,20+,21+,22+/m1/s1. The first-order valence-corrected chi connectivity index (χ1v) is 11.0. The number of aliphatic hydroxyl groups excluding tert-OH is 3. The Kier molecular flexibility index (Phi) is 15.0. The van der Waals surface area contributed by atoms with E-state index in [4.69, 9.17) is 9.47 Å². The van der Waals surface area contributed by atoms with Gasteiger partial charge in [-0.2, -0.15) is 0 Å². The molecule has 5 heteroatoms. The van der Waals surface area contributed by atoms with Crippen molar-refractivity contribution in [3.8, 4) is 0 Å². The molecule has 1 aliphatic rings. The molecule has 0 bridgehead atoms. The minimum Gasteiger partial charge on any atom is -0.394 e. The Labute approximate surface area is 165 Å². The van der Waals surface area contributed by atoms with Crippen molar-refractivity contribution in [2.75, 3.05) is 19.8 Å². The summed E-state index contributed by atoms with van der Waals surface area (Å²) in [6.45, 7) is 4.12. The Morgan fingerprint density at radius 2 is 1.37 bits per heavy atom. The Morgan fingerprint density at radius 3 is 1.89 bits per heavy atom. The van der Waals surface area contributed by atoms with Gasteiger partial charge in [-0.15, -0.1) is 6.58 Å². The third-order valence-electron chi connectivity index (χ3n) is 5.37. The SMILES string of the molecule is C=CCCCCCCCCCCCCCCO[C@@H]1[C@@H](O)[C@H](O)CO[C@H]1CO. The van der Waals surface area contributed by atoms with Gasteiger partial charge < -0.3 is 24.8 Å². The molecule has 0 aliphatic carbocycles. The zero-order chi connectivity index (χ0) is 19.7. The number of aliphatic hydroxyl groups is 3. The fourth-order valence-corrected chi connectivity index (χ4v) is 3.59. The van der Waals surface area contributed by atoms with E-state index in [0.29, 0.717) is 6.61 Å². The predicted octanol–water partition coefficient (Wildman–Crippen LogP) is 3.74. The maximum absolute atomic E-state index is 9.98. The fourth-order valence-electron chi connectivity index (χ4n) is 3.59. The molecule has 0 radical (unpaired) electrons. The van der Waals surface area contributed by atoms with Crippen molar-refractivity contribution in [1.29, 1.82) is 0 Å². The van der Waals surface area contributed by atoms with Gasteiger partial charge in [0.05, 0.1) is 13.2 Å². The van der Waals surface area contributed by atoms with E-state index in [1.54, 1.807) is 0 Å². The van der Waals surface area contributed by atoms with Crippen LogP contribution in [0, 0.1) is 0 Å². The van der Waals surface area contributed by atoms with Gasteiger partial charge in [0.2, 0.25) is 0 Å². The van der Waals surface area contributed by atoms with Crippen molar-refractivity contribution in [2.24, 2.45) is 0 Å². The second-order valence-electron chi connectivity index (χ2n) is 7.77. The summed E-state index contributed by atoms with van der Waals surface area (Å²) >= 11 is 0. The van der Waals surface area contributed by atoms with Crippen LogP contribution >= 0.6 is 0 Å². The van der Waals surface area contributed by atoms with Gasteiger partial charge in [0, 0.05) is 6.61 Å². The number of hydrogen-bond acceptors (Lipinski definition) is 5. The van der Waals surface area contributed by atoms with Crippen molar-refractivity contribution in [3.63, 3.8) is 0 Å². The summed E-state index contributed by atoms with van der Waals surface area (Å²) in [7, 11) is 0. The van der Waals surface area contributed by atoms with Crippen molar-refractivity contribution in [3.05, 3.63) is 12.7 Å². The third kappa shape index (κ3) is 11.2. The van der Waals surface area contributed by atoms with Crippen molar-refractivity contribution in [2.45, 2.75) is 108 Å². The molecular formula is C22H42O5. The molecule has 1 aliphatic heterocycles. The van der Waals surface area contributed by atoms with E-state index in [2.05, 4.69) is 6.58 Å². The molecule has 1 heterocycles. The van der Waals surface area contributed by atoms with E-state index in [1.165, 1.54) is 64.2 Å². The second kappa shape index (κ2) is 16.5. The lowest BCUT2D eigenvalue weighted by Crippen LogP contribution is -2.55. The third-order valence-corrected chi connectivity index (χ3v) is 5.37. The van der Waals surface area contributed by atoms with Crippen LogP contribution in [0.4, 0.5) is 0 Å². The average molecular weight is 387 g/mol. The van der Waals surface area contributed by atoms with Crippen molar-refractivity contribution >= 4 is 0 Å². The van der Waals surface area contributed by atoms with Gasteiger partial charge >= 0.3 is 0 Å². The van der Waals surface area contributed by atoms with Crippen LogP contribution in [0.5, 0.6) is 0 Å². The summed E-state index contributed by atoms with van der Waals surface area (Å²) in [5.74, 6) is 0. The normalized spacial score (nSPS) is 25.6. The topological polar surface area (TPSA) is 79.2 Å². The minimum atomic E-state index is -0.988. The smallest absolute Gasteiger partial charge is 0.114 e. The van der Waals surface area contributed by atoms with Gasteiger partial charge in [-0.1, -0.05) is 70.3 Å². The highest BCUT2D eigenvalue weighted by molar-refractivity contribution is 4.87. The number of hydrogen-bond donors (Lipinski definition) is 3. The van der Waals surface area contributed by atoms with Crippen LogP contribution in [0.2, 0.25) is 0 Å². The van der Waals surface area contributed by atoms with Gasteiger partial charge in [-0.3, -0.25) is 0 Å². The Balaban J connectivity index is 1.88. The van der Waals surface area contributed by atoms with E-state index in [1.807, 2.05) is 6.08 Å². The summed E-state index contributed by atoms with van der Waals surface area (Å²) in [4.78, 5) is 0. The van der Waals surface area contributed by atoms with E-state index in [0.717, 1.165) is 19.3 Å². The number of ether oxygens (including phenoxy) is 2. The van der Waals surface area contributed by atoms with Gasteiger partial charge in [-0.05, 0) is 19.3 Å². The quantitative estimate of drug-likeness (QED) is 0.262. The van der Waals surface area contributed by atoms with Crippen LogP contribution in [-0.2, 0) is 9.47 Å². The van der Waals surface area contributed by atoms with E-state index < -0.39 is 24.4 Å². The molecule has 1 rings (SSSR count). The van der Waals surface area contributed by atoms with Crippen LogP contribution in [-0.4, -0.2) is 59.6 Å². The zero-order valence-corrected chi connectivity index (χ0v) is 17.1. The average Bonchev–Trinajstić information content (AvgIpc) is 2.68. The Bertz CT molecular complexity index is 348. The van der Waals surface area contributed by atoms with E-state index in [-0.39, 0.29) is 13.2 Å². The lowest BCUT2D eigenvalue weighted by Gasteiger charge is -2.37. The molecule has 0 amide bonds. The molecular weight excluding hydrogens is 344 g/mol. The summed E-state index contributed by atoms with van der Waals surface area (Å²) in [6, 6.07) is 0. The fraction of sp³-hybridized carbons (Fsp3) is 0.909. The number of unbranched alkanes of at least 4 members (excludes halogenated alkanes) is 12. The van der Waals surface area contributed by atoms with Gasteiger partial charge in [0.15, 0.2) is 0 Å². The monoisotopic (exact) mass is 386 g/mol. The van der Waals surface area contributed by atoms with Crippen LogP contribution in [0.1, 0.15) is 83.5 Å². The highest BCUT2D eigenvalue weighted by atomic mass is 16.6. The predicted molar refractivity (Wildman–Crippen MR) is 109 cm³/mol. The first kappa shape index (κ1) is 24.6. The minimum absolute atomic E-state index is 0.0432. The number of rotatable bonds is 17. The molecule has 0 aromatic rings. The highest BCUT2D eigenvalue weighted by Crippen LogP contribution is 2.19. The summed E-state index contributed by atoms with van der Waals surface area (Å²) in [6.07, 6.45) is 15.3. The first-order valence-electron chi connectivity index (χ1n) is 11.0. The summed E-state index contributed by atoms with van der Waals surface area (Å²) in [5.41, 5.74) is 0. The van der Waals surface area contributed by atoms with E-state index in [9.17, 15) is 15.3 Å². The van der Waals surface area contributed by atoms with Gasteiger partial charge in [-0.25, -0.2) is 0 Å². The van der Waals surface area contributed by atoms with E-state index >= 15 is 0 Å². The lowest BCUT2D eigenvalue weighted by atomic mass is 10.0. The van der Waals surface area contributed by atoms with Crippen LogP contribution in [0.3, 0.4) is 0 Å². The second-order valence-corrected chi connectivity index (χ2v) is 7.77. The van der Waals surface area contributed by atoms with Crippen LogP contribution < -0.4 is 0 Å². The van der Waals surface area contributed by atoms with Gasteiger partial charge in [0.25, 0.3) is 0 Å². The maximum Gasteiger partial charge on any atom is 0.114 e. The molecule has 5 nitrogen and oxygen atoms in total. The summed E-state index contributed by atoms with van der Waals surface area (Å²) in [5, 5.41) is 28.9. The van der Waals surface area contributed by atoms with Crippen LogP contribution in [0.25, 0.3) is 0 Å². The van der Waals surface area contributed by atoms with Gasteiger partial charge in [0.1, 0.15) is 24.4 Å². The lowest BCUT2D eigenvalue weighted by molar-refractivity contribution is -0.211. The molecule has 0 unspecified atom stereocenters. The highest BCUT2D eigenvalue weighted by Gasteiger charge is 2.39. The zero-order valence-electron chi connectivity index (χ0n) is 17.1. The molecule has 0 aromatic heterocycles. The molecule has 4 atom stereocenters. The van der Waals surface area contributed by atoms with Crippen LogP contribution in [0.15, 0.2) is 12.7 Å². The molecule has 0 aromatic carbocycles. The molecule has 3 N–H and O–H groups in total.